The van der Waals surface area contributed by atoms with Crippen LogP contribution in [0.4, 0.5) is 4.79 Å². The van der Waals surface area contributed by atoms with E-state index in [-0.39, 0.29) is 11.7 Å². The van der Waals surface area contributed by atoms with Crippen molar-refractivity contribution < 1.29 is 9.59 Å². The standard InChI is InChI=1S/C23H29N5O2S2/c1-17(2)10-12-24-22(30)25-21(29)16-32-23-27-26-20(15-19-9-6-14-31-19)28(23)13-11-18-7-4-3-5-8-18/h3-9,14,17H,10-13,15-16H2,1-2H3,(H2,24,25,29,30). The highest BCUT2D eigenvalue weighted by Crippen LogP contribution is 2.21. The summed E-state index contributed by atoms with van der Waals surface area (Å²) in [6.07, 6.45) is 2.41. The molecule has 170 valence electrons. The average molecular weight is 472 g/mol. The van der Waals surface area contributed by atoms with Crippen LogP contribution < -0.4 is 10.6 Å². The molecule has 9 heteroatoms. The lowest BCUT2D eigenvalue weighted by molar-refractivity contribution is -0.117. The minimum absolute atomic E-state index is 0.0973. The molecule has 2 N–H and O–H groups in total. The number of aryl methyl sites for hydroxylation is 1. The van der Waals surface area contributed by atoms with Gasteiger partial charge >= 0.3 is 6.03 Å². The molecule has 0 fully saturated rings. The zero-order valence-corrected chi connectivity index (χ0v) is 20.0. The minimum Gasteiger partial charge on any atom is -0.338 e. The molecule has 0 radical (unpaired) electrons. The third-order valence-electron chi connectivity index (χ3n) is 4.77. The van der Waals surface area contributed by atoms with Gasteiger partial charge in [0.15, 0.2) is 5.16 Å². The lowest BCUT2D eigenvalue weighted by Gasteiger charge is -2.10. The van der Waals surface area contributed by atoms with Gasteiger partial charge in [0.25, 0.3) is 0 Å². The van der Waals surface area contributed by atoms with Crippen LogP contribution in [0, 0.1) is 5.92 Å². The van der Waals surface area contributed by atoms with Crippen LogP contribution in [0.15, 0.2) is 53.0 Å². The quantitative estimate of drug-likeness (QED) is 0.410. The molecule has 32 heavy (non-hydrogen) atoms. The van der Waals surface area contributed by atoms with Gasteiger partial charge in [-0.15, -0.1) is 21.5 Å². The highest BCUT2D eigenvalue weighted by atomic mass is 32.2. The van der Waals surface area contributed by atoms with Crippen molar-refractivity contribution in [2.24, 2.45) is 5.92 Å². The van der Waals surface area contributed by atoms with Crippen molar-refractivity contribution in [2.75, 3.05) is 12.3 Å². The number of benzene rings is 1. The van der Waals surface area contributed by atoms with Crippen LogP contribution in [0.1, 0.15) is 36.5 Å². The van der Waals surface area contributed by atoms with E-state index >= 15 is 0 Å². The number of carbonyl (C=O) groups excluding carboxylic acids is 2. The van der Waals surface area contributed by atoms with Crippen molar-refractivity contribution in [3.63, 3.8) is 0 Å². The van der Waals surface area contributed by atoms with Crippen LogP contribution in [0.2, 0.25) is 0 Å². The van der Waals surface area contributed by atoms with Crippen molar-refractivity contribution in [1.82, 2.24) is 25.4 Å². The lowest BCUT2D eigenvalue weighted by Crippen LogP contribution is -2.40. The maximum Gasteiger partial charge on any atom is 0.321 e. The lowest BCUT2D eigenvalue weighted by atomic mass is 10.1. The van der Waals surface area contributed by atoms with Gasteiger partial charge in [-0.1, -0.05) is 62.0 Å². The minimum atomic E-state index is -0.458. The number of carbonyl (C=O) groups is 2. The Morgan fingerprint density at radius 2 is 1.94 bits per heavy atom. The molecule has 0 unspecified atom stereocenters. The highest BCUT2D eigenvalue weighted by Gasteiger charge is 2.16. The second-order valence-corrected chi connectivity index (χ2v) is 9.79. The Morgan fingerprint density at radius 3 is 2.66 bits per heavy atom. The normalized spacial score (nSPS) is 11.0. The van der Waals surface area contributed by atoms with Gasteiger partial charge in [-0.3, -0.25) is 10.1 Å². The molecule has 0 saturated heterocycles. The summed E-state index contributed by atoms with van der Waals surface area (Å²) < 4.78 is 2.08. The van der Waals surface area contributed by atoms with E-state index in [4.69, 9.17) is 0 Å². The first-order valence-corrected chi connectivity index (χ1v) is 12.6. The summed E-state index contributed by atoms with van der Waals surface area (Å²) in [5.41, 5.74) is 1.23. The molecule has 2 aromatic heterocycles. The molecule has 0 aliphatic carbocycles. The molecule has 1 aromatic carbocycles. The Balaban J connectivity index is 1.60. The number of thiophene rings is 1. The molecule has 0 atom stereocenters. The molecule has 3 amide bonds. The Morgan fingerprint density at radius 1 is 1.12 bits per heavy atom. The second-order valence-electron chi connectivity index (χ2n) is 7.82. The fraction of sp³-hybridized carbons (Fsp3) is 0.391. The number of amides is 3. The Labute approximate surface area is 197 Å². The van der Waals surface area contributed by atoms with Gasteiger partial charge in [0.1, 0.15) is 5.82 Å². The van der Waals surface area contributed by atoms with E-state index < -0.39 is 6.03 Å². The monoisotopic (exact) mass is 471 g/mol. The summed E-state index contributed by atoms with van der Waals surface area (Å²) in [5.74, 6) is 1.11. The number of nitrogens with one attached hydrogen (secondary N) is 2. The number of nitrogens with zero attached hydrogens (tertiary/aromatic N) is 3. The van der Waals surface area contributed by atoms with Gasteiger partial charge in [-0.05, 0) is 35.8 Å². The van der Waals surface area contributed by atoms with E-state index in [9.17, 15) is 9.59 Å². The molecule has 0 saturated carbocycles. The van der Waals surface area contributed by atoms with Crippen LogP contribution in [-0.2, 0) is 24.2 Å². The Bertz CT molecular complexity index is 987. The maximum atomic E-state index is 12.2. The largest absolute Gasteiger partial charge is 0.338 e. The van der Waals surface area contributed by atoms with E-state index in [1.165, 1.54) is 22.2 Å². The van der Waals surface area contributed by atoms with Crippen molar-refractivity contribution in [3.05, 3.63) is 64.1 Å². The number of rotatable bonds is 11. The predicted molar refractivity (Wildman–Crippen MR) is 129 cm³/mol. The summed E-state index contributed by atoms with van der Waals surface area (Å²) in [7, 11) is 0. The topological polar surface area (TPSA) is 88.9 Å². The fourth-order valence-electron chi connectivity index (χ4n) is 3.05. The van der Waals surface area contributed by atoms with E-state index in [2.05, 4.69) is 57.4 Å². The number of hydrogen-bond acceptors (Lipinski definition) is 6. The van der Waals surface area contributed by atoms with Crippen LogP contribution >= 0.6 is 23.1 Å². The number of aromatic nitrogens is 3. The van der Waals surface area contributed by atoms with E-state index in [1.54, 1.807) is 11.3 Å². The summed E-state index contributed by atoms with van der Waals surface area (Å²) >= 11 is 2.98. The van der Waals surface area contributed by atoms with Gasteiger partial charge in [0, 0.05) is 24.4 Å². The fourth-order valence-corrected chi connectivity index (χ4v) is 4.53. The molecule has 3 rings (SSSR count). The van der Waals surface area contributed by atoms with Crippen molar-refractivity contribution in [2.45, 2.75) is 44.8 Å². The first kappa shape index (κ1) is 24.0. The summed E-state index contributed by atoms with van der Waals surface area (Å²) in [4.78, 5) is 25.3. The SMILES string of the molecule is CC(C)CCNC(=O)NC(=O)CSc1nnc(Cc2cccs2)n1CCc1ccccc1. The second kappa shape index (κ2) is 12.4. The van der Waals surface area contributed by atoms with Gasteiger partial charge in [-0.25, -0.2) is 4.79 Å². The van der Waals surface area contributed by atoms with Gasteiger partial charge in [0.05, 0.1) is 5.75 Å². The van der Waals surface area contributed by atoms with Gasteiger partial charge in [0.2, 0.25) is 5.91 Å². The predicted octanol–water partition coefficient (Wildman–Crippen LogP) is 4.14. The smallest absolute Gasteiger partial charge is 0.321 e. The molecule has 0 bridgehead atoms. The van der Waals surface area contributed by atoms with E-state index in [1.807, 2.05) is 29.6 Å². The van der Waals surface area contributed by atoms with Crippen LogP contribution in [0.3, 0.4) is 0 Å². The third kappa shape index (κ3) is 7.80. The maximum absolute atomic E-state index is 12.2. The van der Waals surface area contributed by atoms with Crippen LogP contribution in [-0.4, -0.2) is 39.0 Å². The van der Waals surface area contributed by atoms with Gasteiger partial charge < -0.3 is 9.88 Å². The zero-order chi connectivity index (χ0) is 22.8. The molecule has 0 aliphatic heterocycles. The highest BCUT2D eigenvalue weighted by molar-refractivity contribution is 7.99. The molecule has 0 aliphatic rings. The van der Waals surface area contributed by atoms with E-state index in [0.717, 1.165) is 25.2 Å². The summed E-state index contributed by atoms with van der Waals surface area (Å²) in [6, 6.07) is 13.9. The van der Waals surface area contributed by atoms with Crippen molar-refractivity contribution in [1.29, 1.82) is 0 Å². The Kier molecular flexibility index (Phi) is 9.30. The van der Waals surface area contributed by atoms with Crippen molar-refractivity contribution >= 4 is 35.0 Å². The van der Waals surface area contributed by atoms with Crippen molar-refractivity contribution in [3.8, 4) is 0 Å². The number of urea groups is 1. The first-order valence-electron chi connectivity index (χ1n) is 10.7. The molecule has 2 heterocycles. The van der Waals surface area contributed by atoms with Crippen LogP contribution in [0.25, 0.3) is 0 Å². The summed E-state index contributed by atoms with van der Waals surface area (Å²) in [5, 5.41) is 16.5. The van der Waals surface area contributed by atoms with E-state index in [0.29, 0.717) is 24.0 Å². The molecular weight excluding hydrogens is 442 g/mol. The third-order valence-corrected chi connectivity index (χ3v) is 6.61. The number of imide groups is 1. The molecular formula is C23H29N5O2S2. The molecule has 0 spiro atoms. The van der Waals surface area contributed by atoms with Gasteiger partial charge in [-0.2, -0.15) is 0 Å². The zero-order valence-electron chi connectivity index (χ0n) is 18.4. The first-order chi connectivity index (χ1) is 15.5. The Hall–Kier alpha value is -2.65. The van der Waals surface area contributed by atoms with Crippen LogP contribution in [0.5, 0.6) is 0 Å². The number of hydrogen-bond donors (Lipinski definition) is 2. The summed E-state index contributed by atoms with van der Waals surface area (Å²) in [6.45, 7) is 5.44. The molecule has 7 nitrogen and oxygen atoms in total. The molecule has 3 aromatic rings. The number of thioether (sulfide) groups is 1. The average Bonchev–Trinajstić information content (AvgIpc) is 3.41.